The molecular weight excluding hydrogens is 472 g/mol. The smallest absolute Gasteiger partial charge is 0.249 e. The van der Waals surface area contributed by atoms with E-state index in [2.05, 4.69) is 42.6 Å². The monoisotopic (exact) mass is 506 g/mol. The third kappa shape index (κ3) is 6.60. The van der Waals surface area contributed by atoms with E-state index < -0.39 is 0 Å². The lowest BCUT2D eigenvalue weighted by molar-refractivity contribution is -0.144. The summed E-state index contributed by atoms with van der Waals surface area (Å²) in [6, 6.07) is 20.1. The fraction of sp³-hybridized carbons (Fsp3) is 0.379. The van der Waals surface area contributed by atoms with Gasteiger partial charge in [-0.3, -0.25) is 9.59 Å². The minimum atomic E-state index is -0.185. The molecule has 6 nitrogen and oxygen atoms in total. The Bertz CT molecular complexity index is 1130. The maximum absolute atomic E-state index is 13.7. The molecule has 1 atom stereocenters. The quantitative estimate of drug-likeness (QED) is 0.356. The number of thiophene rings is 1. The van der Waals surface area contributed by atoms with Crippen LogP contribution in [0.3, 0.4) is 0 Å². The highest BCUT2D eigenvalue weighted by Gasteiger charge is 2.33. The molecule has 1 aliphatic rings. The van der Waals surface area contributed by atoms with Gasteiger partial charge < -0.3 is 19.3 Å². The number of carbonyl (C=O) groups is 2. The zero-order valence-corrected chi connectivity index (χ0v) is 21.8. The molecule has 7 heteroatoms. The molecule has 0 fully saturated rings. The summed E-state index contributed by atoms with van der Waals surface area (Å²) in [5.74, 6) is -0.234. The average Bonchev–Trinajstić information content (AvgIpc) is 3.38. The molecule has 3 aromatic rings. The molecule has 0 N–H and O–H groups in total. The molecule has 1 unspecified atom stereocenters. The molecule has 0 radical (unpaired) electrons. The number of carbonyl (C=O) groups excluding carboxylic acids is 2. The molecule has 0 bridgehead atoms. The van der Waals surface area contributed by atoms with Crippen LogP contribution in [-0.2, 0) is 32.1 Å². The SMILES string of the molecule is COCCCN(CC(=O)N1CCc2sccc2C1c1ccc(C)cc1)C(=O)COCc1ccccc1. The second kappa shape index (κ2) is 12.8. The zero-order chi connectivity index (χ0) is 25.3. The summed E-state index contributed by atoms with van der Waals surface area (Å²) < 4.78 is 10.9. The van der Waals surface area contributed by atoms with E-state index in [-0.39, 0.29) is 31.0 Å². The Hall–Kier alpha value is -3.00. The van der Waals surface area contributed by atoms with Crippen molar-refractivity contribution in [1.29, 1.82) is 0 Å². The number of fused-ring (bicyclic) bond motifs is 1. The van der Waals surface area contributed by atoms with Crippen molar-refractivity contribution in [3.05, 3.63) is 93.2 Å². The molecule has 36 heavy (non-hydrogen) atoms. The van der Waals surface area contributed by atoms with Gasteiger partial charge in [0.05, 0.1) is 19.2 Å². The van der Waals surface area contributed by atoms with Crippen LogP contribution in [0.5, 0.6) is 0 Å². The highest BCUT2D eigenvalue weighted by atomic mass is 32.1. The summed E-state index contributed by atoms with van der Waals surface area (Å²) in [5.41, 5.74) is 4.47. The van der Waals surface area contributed by atoms with Crippen LogP contribution in [0.25, 0.3) is 0 Å². The predicted octanol–water partition coefficient (Wildman–Crippen LogP) is 4.61. The molecule has 0 saturated heterocycles. The number of ether oxygens (including phenoxy) is 2. The van der Waals surface area contributed by atoms with Crippen molar-refractivity contribution < 1.29 is 19.1 Å². The van der Waals surface area contributed by atoms with E-state index in [1.807, 2.05) is 35.2 Å². The Balaban J connectivity index is 1.46. The number of aryl methyl sites for hydroxylation is 1. The fourth-order valence-corrected chi connectivity index (χ4v) is 5.46. The number of amides is 2. The molecule has 1 aliphatic heterocycles. The lowest BCUT2D eigenvalue weighted by atomic mass is 9.92. The number of rotatable bonds is 11. The van der Waals surface area contributed by atoms with E-state index in [1.165, 1.54) is 16.0 Å². The molecule has 2 aromatic carbocycles. The van der Waals surface area contributed by atoms with Gasteiger partial charge >= 0.3 is 0 Å². The van der Waals surface area contributed by atoms with Crippen molar-refractivity contribution in [1.82, 2.24) is 9.80 Å². The molecule has 0 aliphatic carbocycles. The number of methoxy groups -OCH3 is 1. The maximum Gasteiger partial charge on any atom is 0.249 e. The third-order valence-corrected chi connectivity index (χ3v) is 7.47. The third-order valence-electron chi connectivity index (χ3n) is 6.47. The topological polar surface area (TPSA) is 59.1 Å². The van der Waals surface area contributed by atoms with E-state index in [4.69, 9.17) is 9.47 Å². The van der Waals surface area contributed by atoms with Crippen molar-refractivity contribution in [2.75, 3.05) is 40.0 Å². The van der Waals surface area contributed by atoms with Crippen LogP contribution in [0.1, 0.15) is 39.6 Å². The minimum absolute atomic E-state index is 0.0269. The number of hydrogen-bond acceptors (Lipinski definition) is 5. The van der Waals surface area contributed by atoms with E-state index in [0.717, 1.165) is 17.5 Å². The van der Waals surface area contributed by atoms with Gasteiger partial charge in [0.2, 0.25) is 11.8 Å². The van der Waals surface area contributed by atoms with Crippen LogP contribution in [0.4, 0.5) is 0 Å². The van der Waals surface area contributed by atoms with Gasteiger partial charge in [-0.05, 0) is 47.9 Å². The highest BCUT2D eigenvalue weighted by molar-refractivity contribution is 7.10. The summed E-state index contributed by atoms with van der Waals surface area (Å²) in [7, 11) is 1.64. The Kier molecular flexibility index (Phi) is 9.28. The van der Waals surface area contributed by atoms with Crippen LogP contribution >= 0.6 is 11.3 Å². The normalized spacial score (nSPS) is 14.9. The summed E-state index contributed by atoms with van der Waals surface area (Å²) in [5, 5.41) is 2.10. The van der Waals surface area contributed by atoms with Crippen molar-refractivity contribution in [3.8, 4) is 0 Å². The van der Waals surface area contributed by atoms with Gasteiger partial charge in [0, 0.05) is 31.7 Å². The average molecular weight is 507 g/mol. The molecule has 1 aromatic heterocycles. The summed E-state index contributed by atoms with van der Waals surface area (Å²) in [6.07, 6.45) is 1.49. The van der Waals surface area contributed by atoms with Crippen LogP contribution in [0.2, 0.25) is 0 Å². The molecule has 0 saturated carbocycles. The molecule has 2 amide bonds. The van der Waals surface area contributed by atoms with Crippen LogP contribution < -0.4 is 0 Å². The first kappa shape index (κ1) is 26.1. The standard InChI is InChI=1S/C29H34N2O4S/c1-22-9-11-24(12-10-22)29-25-14-18-36-26(25)13-16-31(29)27(32)19-30(15-6-17-34-2)28(33)21-35-20-23-7-4-3-5-8-23/h3-5,7-12,14,18,29H,6,13,15-17,19-21H2,1-2H3. The van der Waals surface area contributed by atoms with Crippen molar-refractivity contribution >= 4 is 23.2 Å². The summed E-state index contributed by atoms with van der Waals surface area (Å²) in [4.78, 5) is 31.6. The lowest BCUT2D eigenvalue weighted by Crippen LogP contribution is -2.47. The van der Waals surface area contributed by atoms with Crippen molar-refractivity contribution in [2.45, 2.75) is 32.4 Å². The van der Waals surface area contributed by atoms with E-state index in [1.54, 1.807) is 23.3 Å². The van der Waals surface area contributed by atoms with E-state index >= 15 is 0 Å². The first-order chi connectivity index (χ1) is 17.6. The Morgan fingerprint density at radius 2 is 1.86 bits per heavy atom. The van der Waals surface area contributed by atoms with Gasteiger partial charge in [-0.15, -0.1) is 11.3 Å². The summed E-state index contributed by atoms with van der Waals surface area (Å²) >= 11 is 1.75. The van der Waals surface area contributed by atoms with Crippen LogP contribution in [0.15, 0.2) is 66.0 Å². The first-order valence-corrected chi connectivity index (χ1v) is 13.3. The molecule has 4 rings (SSSR count). The lowest BCUT2D eigenvalue weighted by Gasteiger charge is -2.37. The Labute approximate surface area is 217 Å². The number of hydrogen-bond donors (Lipinski definition) is 0. The van der Waals surface area contributed by atoms with Gasteiger partial charge in [0.15, 0.2) is 0 Å². The summed E-state index contributed by atoms with van der Waals surface area (Å²) in [6.45, 7) is 3.98. The number of benzene rings is 2. The van der Waals surface area contributed by atoms with Crippen LogP contribution in [-0.4, -0.2) is 61.6 Å². The van der Waals surface area contributed by atoms with Crippen molar-refractivity contribution in [3.63, 3.8) is 0 Å². The van der Waals surface area contributed by atoms with Gasteiger partial charge in [-0.2, -0.15) is 0 Å². The Morgan fingerprint density at radius 3 is 2.61 bits per heavy atom. The molecular formula is C29H34N2O4S. The van der Waals surface area contributed by atoms with Crippen LogP contribution in [0, 0.1) is 6.92 Å². The Morgan fingerprint density at radius 1 is 1.08 bits per heavy atom. The molecule has 190 valence electrons. The molecule has 0 spiro atoms. The van der Waals surface area contributed by atoms with E-state index in [0.29, 0.717) is 32.7 Å². The highest BCUT2D eigenvalue weighted by Crippen LogP contribution is 2.38. The minimum Gasteiger partial charge on any atom is -0.385 e. The van der Waals surface area contributed by atoms with Crippen molar-refractivity contribution in [2.24, 2.45) is 0 Å². The predicted molar refractivity (Wildman–Crippen MR) is 142 cm³/mol. The zero-order valence-electron chi connectivity index (χ0n) is 21.0. The van der Waals surface area contributed by atoms with Gasteiger partial charge in [0.1, 0.15) is 6.61 Å². The first-order valence-electron chi connectivity index (χ1n) is 12.4. The fourth-order valence-electron chi connectivity index (χ4n) is 4.56. The largest absolute Gasteiger partial charge is 0.385 e. The second-order valence-corrected chi connectivity index (χ2v) is 10.1. The van der Waals surface area contributed by atoms with Gasteiger partial charge in [-0.25, -0.2) is 0 Å². The van der Waals surface area contributed by atoms with Gasteiger partial charge in [-0.1, -0.05) is 60.2 Å². The maximum atomic E-state index is 13.7. The number of nitrogens with zero attached hydrogens (tertiary/aromatic N) is 2. The van der Waals surface area contributed by atoms with E-state index in [9.17, 15) is 9.59 Å². The van der Waals surface area contributed by atoms with Gasteiger partial charge in [0.25, 0.3) is 0 Å². The molecule has 2 heterocycles. The second-order valence-electron chi connectivity index (χ2n) is 9.09.